The molecule has 3 N–H and O–H groups in total. The number of nitrogens with two attached hydrogens (primary N) is 1. The van der Waals surface area contributed by atoms with Crippen molar-refractivity contribution in [3.8, 4) is 0 Å². The Morgan fingerprint density at radius 2 is 2.19 bits per heavy atom. The fourth-order valence-electron chi connectivity index (χ4n) is 1.54. The third-order valence-electron chi connectivity index (χ3n) is 2.49. The summed E-state index contributed by atoms with van der Waals surface area (Å²) >= 11 is 5.70. The van der Waals surface area contributed by atoms with Gasteiger partial charge in [0.2, 0.25) is 0 Å². The molecule has 0 aliphatic heterocycles. The number of nitrogens with one attached hydrogen (secondary N) is 1. The Labute approximate surface area is 101 Å². The highest BCUT2D eigenvalue weighted by Crippen LogP contribution is 2.27. The van der Waals surface area contributed by atoms with Gasteiger partial charge in [0.25, 0.3) is 0 Å². The van der Waals surface area contributed by atoms with Gasteiger partial charge in [-0.1, -0.05) is 31.4 Å². The summed E-state index contributed by atoms with van der Waals surface area (Å²) in [5.74, 6) is -0.481. The number of hydrogen-bond acceptors (Lipinski definition) is 2. The van der Waals surface area contributed by atoms with Crippen molar-refractivity contribution in [2.24, 2.45) is 0 Å². The van der Waals surface area contributed by atoms with Gasteiger partial charge in [0.15, 0.2) is 0 Å². The minimum atomic E-state index is -0.481. The lowest BCUT2D eigenvalue weighted by molar-refractivity contribution is 0.627. The fraction of sp³-hybridized carbons (Fsp3) is 0.500. The molecule has 0 bridgehead atoms. The van der Waals surface area contributed by atoms with E-state index in [1.54, 1.807) is 0 Å². The van der Waals surface area contributed by atoms with Crippen LogP contribution in [-0.2, 0) is 0 Å². The maximum absolute atomic E-state index is 13.1. The van der Waals surface area contributed by atoms with Crippen LogP contribution in [0.1, 0.15) is 33.1 Å². The minimum Gasteiger partial charge on any atom is -0.397 e. The van der Waals surface area contributed by atoms with E-state index >= 15 is 0 Å². The topological polar surface area (TPSA) is 38.0 Å². The molecular formula is C12H18ClFN2. The molecule has 0 saturated carbocycles. The van der Waals surface area contributed by atoms with Gasteiger partial charge >= 0.3 is 0 Å². The van der Waals surface area contributed by atoms with Crippen LogP contribution in [0.4, 0.5) is 15.8 Å². The van der Waals surface area contributed by atoms with E-state index in [9.17, 15) is 4.39 Å². The predicted octanol–water partition coefficient (Wildman–Crippen LogP) is 4.05. The Hall–Kier alpha value is -0.960. The lowest BCUT2D eigenvalue weighted by Crippen LogP contribution is -2.16. The largest absolute Gasteiger partial charge is 0.397 e. The van der Waals surface area contributed by atoms with E-state index in [0.29, 0.717) is 17.4 Å². The number of hydrogen-bond donors (Lipinski definition) is 2. The summed E-state index contributed by atoms with van der Waals surface area (Å²) in [6, 6.07) is 3.09. The van der Waals surface area contributed by atoms with Crippen LogP contribution < -0.4 is 11.1 Å². The van der Waals surface area contributed by atoms with Crippen molar-refractivity contribution in [2.75, 3.05) is 11.1 Å². The standard InChI is InChI=1S/C12H18ClFN2/c1-3-4-5-8(2)16-12-6-9(13)10(14)7-11(12)15/h6-8,16H,3-5,15H2,1-2H3. The lowest BCUT2D eigenvalue weighted by Gasteiger charge is -2.16. The van der Waals surface area contributed by atoms with Crippen LogP contribution >= 0.6 is 11.6 Å². The van der Waals surface area contributed by atoms with Crippen molar-refractivity contribution in [2.45, 2.75) is 39.2 Å². The molecule has 1 aromatic rings. The maximum atomic E-state index is 13.1. The minimum absolute atomic E-state index is 0.0967. The van der Waals surface area contributed by atoms with E-state index in [1.807, 2.05) is 0 Å². The molecule has 1 atom stereocenters. The highest BCUT2D eigenvalue weighted by Gasteiger charge is 2.08. The number of anilines is 2. The molecule has 1 unspecified atom stereocenters. The van der Waals surface area contributed by atoms with E-state index in [4.69, 9.17) is 17.3 Å². The summed E-state index contributed by atoms with van der Waals surface area (Å²) in [7, 11) is 0. The van der Waals surface area contributed by atoms with Crippen molar-refractivity contribution in [3.05, 3.63) is 23.0 Å². The van der Waals surface area contributed by atoms with E-state index < -0.39 is 5.82 Å². The molecule has 1 aromatic carbocycles. The second kappa shape index (κ2) is 5.94. The molecule has 1 rings (SSSR count). The summed E-state index contributed by atoms with van der Waals surface area (Å²) in [4.78, 5) is 0. The number of nitrogen functional groups attached to an aromatic ring is 1. The molecule has 0 aliphatic rings. The second-order valence-electron chi connectivity index (χ2n) is 4.04. The molecule has 0 amide bonds. The van der Waals surface area contributed by atoms with Gasteiger partial charge in [0.05, 0.1) is 16.4 Å². The highest BCUT2D eigenvalue weighted by molar-refractivity contribution is 6.31. The zero-order valence-electron chi connectivity index (χ0n) is 9.69. The van der Waals surface area contributed by atoms with Crippen LogP contribution in [0, 0.1) is 5.82 Å². The smallest absolute Gasteiger partial charge is 0.143 e. The van der Waals surface area contributed by atoms with Crippen molar-refractivity contribution < 1.29 is 4.39 Å². The van der Waals surface area contributed by atoms with Gasteiger partial charge in [-0.2, -0.15) is 0 Å². The zero-order valence-corrected chi connectivity index (χ0v) is 10.4. The summed E-state index contributed by atoms with van der Waals surface area (Å²) < 4.78 is 13.1. The SMILES string of the molecule is CCCCC(C)Nc1cc(Cl)c(F)cc1N. The molecular weight excluding hydrogens is 227 g/mol. The molecule has 0 aliphatic carbocycles. The first kappa shape index (κ1) is 13.1. The Kier molecular flexibility index (Phi) is 4.87. The average Bonchev–Trinajstić information content (AvgIpc) is 2.23. The van der Waals surface area contributed by atoms with Crippen LogP contribution in [0.15, 0.2) is 12.1 Å². The molecule has 90 valence electrons. The van der Waals surface area contributed by atoms with Crippen molar-refractivity contribution in [3.63, 3.8) is 0 Å². The second-order valence-corrected chi connectivity index (χ2v) is 4.45. The van der Waals surface area contributed by atoms with Gasteiger partial charge < -0.3 is 11.1 Å². The average molecular weight is 245 g/mol. The van der Waals surface area contributed by atoms with Crippen molar-refractivity contribution in [1.29, 1.82) is 0 Å². The molecule has 0 spiro atoms. The van der Waals surface area contributed by atoms with Crippen LogP contribution in [0.25, 0.3) is 0 Å². The number of benzene rings is 1. The first-order chi connectivity index (χ1) is 7.54. The lowest BCUT2D eigenvalue weighted by atomic mass is 10.1. The van der Waals surface area contributed by atoms with Crippen LogP contribution in [0.2, 0.25) is 5.02 Å². The Bertz CT molecular complexity index is 355. The van der Waals surface area contributed by atoms with Gasteiger partial charge in [0, 0.05) is 12.1 Å². The zero-order chi connectivity index (χ0) is 12.1. The normalized spacial score (nSPS) is 12.5. The molecule has 0 heterocycles. The van der Waals surface area contributed by atoms with E-state index in [0.717, 1.165) is 19.3 Å². The molecule has 0 saturated heterocycles. The van der Waals surface area contributed by atoms with Gasteiger partial charge in [0.1, 0.15) is 5.82 Å². The summed E-state index contributed by atoms with van der Waals surface area (Å²) in [5, 5.41) is 3.33. The summed E-state index contributed by atoms with van der Waals surface area (Å²) in [5.41, 5.74) is 6.80. The maximum Gasteiger partial charge on any atom is 0.143 e. The number of halogens is 2. The summed E-state index contributed by atoms with van der Waals surface area (Å²) in [6.07, 6.45) is 3.37. The fourth-order valence-corrected chi connectivity index (χ4v) is 1.70. The van der Waals surface area contributed by atoms with Crippen LogP contribution in [0.3, 0.4) is 0 Å². The summed E-state index contributed by atoms with van der Waals surface area (Å²) in [6.45, 7) is 4.22. The van der Waals surface area contributed by atoms with Gasteiger partial charge in [-0.05, 0) is 19.4 Å². The van der Waals surface area contributed by atoms with E-state index in [-0.39, 0.29) is 5.02 Å². The first-order valence-corrected chi connectivity index (χ1v) is 5.93. The van der Waals surface area contributed by atoms with E-state index in [1.165, 1.54) is 12.1 Å². The van der Waals surface area contributed by atoms with Crippen molar-refractivity contribution in [1.82, 2.24) is 0 Å². The quantitative estimate of drug-likeness (QED) is 0.767. The Balaban J connectivity index is 2.69. The molecule has 4 heteroatoms. The Morgan fingerprint density at radius 3 is 2.81 bits per heavy atom. The molecule has 0 radical (unpaired) electrons. The van der Waals surface area contributed by atoms with Gasteiger partial charge in [-0.3, -0.25) is 0 Å². The Morgan fingerprint density at radius 1 is 1.50 bits per heavy atom. The van der Waals surface area contributed by atoms with Crippen LogP contribution in [-0.4, -0.2) is 6.04 Å². The molecule has 0 fully saturated rings. The van der Waals surface area contributed by atoms with Gasteiger partial charge in [-0.15, -0.1) is 0 Å². The predicted molar refractivity (Wildman–Crippen MR) is 68.4 cm³/mol. The van der Waals surface area contributed by atoms with Gasteiger partial charge in [-0.25, -0.2) is 4.39 Å². The monoisotopic (exact) mass is 244 g/mol. The number of unbranched alkanes of at least 4 members (excludes halogenated alkanes) is 1. The molecule has 0 aromatic heterocycles. The highest BCUT2D eigenvalue weighted by atomic mass is 35.5. The molecule has 16 heavy (non-hydrogen) atoms. The third kappa shape index (κ3) is 3.56. The van der Waals surface area contributed by atoms with Crippen molar-refractivity contribution >= 4 is 23.0 Å². The third-order valence-corrected chi connectivity index (χ3v) is 2.77. The number of rotatable bonds is 5. The van der Waals surface area contributed by atoms with E-state index in [2.05, 4.69) is 19.2 Å². The van der Waals surface area contributed by atoms with Crippen LogP contribution in [0.5, 0.6) is 0 Å². The molecule has 2 nitrogen and oxygen atoms in total. The first-order valence-electron chi connectivity index (χ1n) is 5.55.